The van der Waals surface area contributed by atoms with Crippen LogP contribution in [-0.4, -0.2) is 38.1 Å². The second kappa shape index (κ2) is 9.34. The van der Waals surface area contributed by atoms with Crippen molar-refractivity contribution < 1.29 is 28.9 Å². The summed E-state index contributed by atoms with van der Waals surface area (Å²) in [6, 6.07) is 9.89. The molecule has 0 bridgehead atoms. The van der Waals surface area contributed by atoms with Crippen molar-refractivity contribution in [3.05, 3.63) is 58.9 Å². The number of benzene rings is 2. The van der Waals surface area contributed by atoms with Gasteiger partial charge in [-0.25, -0.2) is 0 Å². The molecule has 1 amide bonds. The number of hydrogen-bond acceptors (Lipinski definition) is 6. The Labute approximate surface area is 188 Å². The highest BCUT2D eigenvalue weighted by Gasteiger charge is 2.44. The highest BCUT2D eigenvalue weighted by Crippen LogP contribution is 2.46. The molecule has 1 aliphatic rings. The Morgan fingerprint density at radius 1 is 1.03 bits per heavy atom. The van der Waals surface area contributed by atoms with Crippen LogP contribution in [-0.2, 0) is 9.59 Å². The van der Waals surface area contributed by atoms with Crippen molar-refractivity contribution in [3.8, 4) is 17.2 Å². The van der Waals surface area contributed by atoms with E-state index >= 15 is 0 Å². The molecule has 0 aromatic heterocycles. The van der Waals surface area contributed by atoms with E-state index in [1.807, 2.05) is 32.9 Å². The lowest BCUT2D eigenvalue weighted by molar-refractivity contribution is -0.118. The first kappa shape index (κ1) is 23.2. The summed E-state index contributed by atoms with van der Waals surface area (Å²) < 4.78 is 16.4. The normalized spacial score (nSPS) is 16.0. The molecule has 7 nitrogen and oxygen atoms in total. The van der Waals surface area contributed by atoms with Gasteiger partial charge >= 0.3 is 0 Å². The van der Waals surface area contributed by atoms with Gasteiger partial charge in [0.15, 0.2) is 23.0 Å². The molecule has 1 atom stereocenters. The Balaban J connectivity index is 2.25. The molecule has 3 rings (SSSR count). The summed E-state index contributed by atoms with van der Waals surface area (Å²) >= 11 is 0. The first-order valence-corrected chi connectivity index (χ1v) is 10.4. The van der Waals surface area contributed by atoms with E-state index in [0.29, 0.717) is 28.5 Å². The first-order chi connectivity index (χ1) is 15.2. The molecule has 170 valence electrons. The fraction of sp³-hybridized carbons (Fsp3) is 0.360. The third kappa shape index (κ3) is 4.15. The third-order valence-electron chi connectivity index (χ3n) is 5.42. The van der Waals surface area contributed by atoms with Gasteiger partial charge in [-0.05, 0) is 42.7 Å². The van der Waals surface area contributed by atoms with Crippen molar-refractivity contribution >= 4 is 17.4 Å². The lowest BCUT2D eigenvalue weighted by Gasteiger charge is -2.28. The number of ketones is 1. The van der Waals surface area contributed by atoms with Gasteiger partial charge in [-0.3, -0.25) is 14.5 Å². The molecule has 0 saturated heterocycles. The van der Waals surface area contributed by atoms with Gasteiger partial charge < -0.3 is 19.3 Å². The van der Waals surface area contributed by atoms with Crippen molar-refractivity contribution in [2.75, 3.05) is 26.2 Å². The van der Waals surface area contributed by atoms with Crippen LogP contribution in [0.5, 0.6) is 17.2 Å². The molecule has 2 aromatic rings. The van der Waals surface area contributed by atoms with Crippen LogP contribution in [0.3, 0.4) is 0 Å². The lowest BCUT2D eigenvalue weighted by atomic mass is 9.91. The van der Waals surface area contributed by atoms with Crippen molar-refractivity contribution in [2.24, 2.45) is 5.92 Å². The van der Waals surface area contributed by atoms with Crippen LogP contribution < -0.4 is 19.1 Å². The van der Waals surface area contributed by atoms with Crippen LogP contribution in [0.2, 0.25) is 0 Å². The SMILES string of the molecule is COc1cc(C2C(C(=O)CC(C)C)=C(O)C(=O)N2c2ccc(C)cc2)cc(OC)c1OC. The number of aliphatic hydroxyl groups excluding tert-OH is 1. The molecular formula is C25H29NO6. The second-order valence-corrected chi connectivity index (χ2v) is 8.16. The van der Waals surface area contributed by atoms with Gasteiger partial charge in [0.05, 0.1) is 32.9 Å². The predicted molar refractivity (Wildman–Crippen MR) is 122 cm³/mol. The number of methoxy groups -OCH3 is 3. The summed E-state index contributed by atoms with van der Waals surface area (Å²) in [6.45, 7) is 5.77. The number of carbonyl (C=O) groups excluding carboxylic acids is 2. The van der Waals surface area contributed by atoms with Gasteiger partial charge in [0.2, 0.25) is 5.75 Å². The zero-order chi connectivity index (χ0) is 23.6. The summed E-state index contributed by atoms with van der Waals surface area (Å²) in [5.41, 5.74) is 2.22. The number of anilines is 1. The lowest BCUT2D eigenvalue weighted by Crippen LogP contribution is -2.31. The smallest absolute Gasteiger partial charge is 0.294 e. The van der Waals surface area contributed by atoms with Gasteiger partial charge in [0.25, 0.3) is 5.91 Å². The number of ether oxygens (including phenoxy) is 3. The molecule has 1 N–H and O–H groups in total. The van der Waals surface area contributed by atoms with Crippen LogP contribution in [0, 0.1) is 12.8 Å². The largest absolute Gasteiger partial charge is 0.503 e. The van der Waals surface area contributed by atoms with E-state index < -0.39 is 17.7 Å². The van der Waals surface area contributed by atoms with E-state index in [9.17, 15) is 14.7 Å². The van der Waals surface area contributed by atoms with E-state index in [1.54, 1.807) is 24.3 Å². The van der Waals surface area contributed by atoms with Gasteiger partial charge in [-0.2, -0.15) is 0 Å². The summed E-state index contributed by atoms with van der Waals surface area (Å²) in [4.78, 5) is 27.8. The minimum absolute atomic E-state index is 0.0620. The highest BCUT2D eigenvalue weighted by molar-refractivity contribution is 6.16. The first-order valence-electron chi connectivity index (χ1n) is 10.4. The molecule has 0 spiro atoms. The zero-order valence-corrected chi connectivity index (χ0v) is 19.3. The zero-order valence-electron chi connectivity index (χ0n) is 19.3. The van der Waals surface area contributed by atoms with Crippen molar-refractivity contribution in [2.45, 2.75) is 33.2 Å². The summed E-state index contributed by atoms with van der Waals surface area (Å²) in [5, 5.41) is 10.8. The molecule has 1 unspecified atom stereocenters. The summed E-state index contributed by atoms with van der Waals surface area (Å²) in [7, 11) is 4.49. The molecule has 2 aromatic carbocycles. The molecule has 0 fully saturated rings. The van der Waals surface area contributed by atoms with Crippen LogP contribution in [0.4, 0.5) is 5.69 Å². The molecule has 1 aliphatic heterocycles. The maximum Gasteiger partial charge on any atom is 0.294 e. The van der Waals surface area contributed by atoms with E-state index in [2.05, 4.69) is 0 Å². The maximum absolute atomic E-state index is 13.2. The Morgan fingerprint density at radius 3 is 2.06 bits per heavy atom. The average molecular weight is 440 g/mol. The Morgan fingerprint density at radius 2 is 1.59 bits per heavy atom. The number of aryl methyl sites for hydroxylation is 1. The minimum Gasteiger partial charge on any atom is -0.503 e. The topological polar surface area (TPSA) is 85.3 Å². The van der Waals surface area contributed by atoms with Crippen molar-refractivity contribution in [1.29, 1.82) is 0 Å². The molecule has 7 heteroatoms. The van der Waals surface area contributed by atoms with Gasteiger partial charge in [-0.15, -0.1) is 0 Å². The average Bonchev–Trinajstić information content (AvgIpc) is 3.03. The van der Waals surface area contributed by atoms with E-state index in [1.165, 1.54) is 26.2 Å². The number of nitrogens with zero attached hydrogens (tertiary/aromatic N) is 1. The third-order valence-corrected chi connectivity index (χ3v) is 5.42. The minimum atomic E-state index is -0.842. The van der Waals surface area contributed by atoms with Crippen LogP contribution >= 0.6 is 0 Å². The molecule has 0 saturated carbocycles. The van der Waals surface area contributed by atoms with Gasteiger partial charge in [-0.1, -0.05) is 31.5 Å². The number of aliphatic hydroxyl groups is 1. The monoisotopic (exact) mass is 439 g/mol. The Kier molecular flexibility index (Phi) is 6.77. The van der Waals surface area contributed by atoms with E-state index in [-0.39, 0.29) is 23.7 Å². The maximum atomic E-state index is 13.2. The summed E-state index contributed by atoms with van der Waals surface area (Å²) in [5.74, 6) is -0.200. The number of rotatable bonds is 8. The van der Waals surface area contributed by atoms with E-state index in [4.69, 9.17) is 14.2 Å². The predicted octanol–water partition coefficient (Wildman–Crippen LogP) is 4.54. The highest BCUT2D eigenvalue weighted by atomic mass is 16.5. The van der Waals surface area contributed by atoms with Crippen LogP contribution in [0.25, 0.3) is 0 Å². The second-order valence-electron chi connectivity index (χ2n) is 8.16. The fourth-order valence-corrected chi connectivity index (χ4v) is 3.92. The fourth-order valence-electron chi connectivity index (χ4n) is 3.92. The molecule has 32 heavy (non-hydrogen) atoms. The molecular weight excluding hydrogens is 410 g/mol. The van der Waals surface area contributed by atoms with E-state index in [0.717, 1.165) is 5.56 Å². The number of amides is 1. The Bertz CT molecular complexity index is 1030. The van der Waals surface area contributed by atoms with Crippen LogP contribution in [0.15, 0.2) is 47.7 Å². The van der Waals surface area contributed by atoms with Crippen LogP contribution in [0.1, 0.15) is 37.4 Å². The number of Topliss-reactive ketones (excluding diaryl/α,β-unsaturated/α-hetero) is 1. The number of carbonyl (C=O) groups is 2. The van der Waals surface area contributed by atoms with Crippen molar-refractivity contribution in [3.63, 3.8) is 0 Å². The van der Waals surface area contributed by atoms with Gasteiger partial charge in [0, 0.05) is 12.1 Å². The summed E-state index contributed by atoms with van der Waals surface area (Å²) in [6.07, 6.45) is 0.204. The molecule has 0 radical (unpaired) electrons. The number of hydrogen-bond donors (Lipinski definition) is 1. The van der Waals surface area contributed by atoms with Gasteiger partial charge in [0.1, 0.15) is 0 Å². The quantitative estimate of drug-likeness (QED) is 0.650. The Hall–Kier alpha value is -3.48. The van der Waals surface area contributed by atoms with Crippen molar-refractivity contribution in [1.82, 2.24) is 0 Å². The molecule has 1 heterocycles. The standard InChI is InChI=1S/C25H29NO6/c1-14(2)11-18(27)21-22(16-12-19(30-4)24(32-6)20(13-16)31-5)26(25(29)23(21)28)17-9-7-15(3)8-10-17/h7-10,12-14,22,28H,11H2,1-6H3. The molecule has 0 aliphatic carbocycles.